The van der Waals surface area contributed by atoms with Crippen LogP contribution in [0.3, 0.4) is 0 Å². The molecule has 0 saturated carbocycles. The molecule has 1 N–H and O–H groups in total. The third kappa shape index (κ3) is 4.01. The highest BCUT2D eigenvalue weighted by molar-refractivity contribution is 9.13. The lowest BCUT2D eigenvalue weighted by atomic mass is 10.2. The van der Waals surface area contributed by atoms with Crippen molar-refractivity contribution in [1.82, 2.24) is 9.66 Å². The first kappa shape index (κ1) is 21.0. The third-order valence-electron chi connectivity index (χ3n) is 4.06. The maximum absolute atomic E-state index is 13.0. The molecule has 0 fully saturated rings. The molecular formula is C19H16Br3N3O3. The number of aryl methyl sites for hydroxylation is 1. The van der Waals surface area contributed by atoms with E-state index in [0.29, 0.717) is 43.4 Å². The molecule has 2 aromatic carbocycles. The van der Waals surface area contributed by atoms with Gasteiger partial charge in [-0.15, -0.1) is 0 Å². The van der Waals surface area contributed by atoms with Crippen molar-refractivity contribution in [2.75, 3.05) is 7.11 Å². The molecule has 0 aliphatic heterocycles. The number of phenolic OH excluding ortho intramolecular Hbond substituents is 1. The minimum Gasteiger partial charge on any atom is -0.503 e. The van der Waals surface area contributed by atoms with E-state index in [1.807, 2.05) is 19.1 Å². The Labute approximate surface area is 186 Å². The summed E-state index contributed by atoms with van der Waals surface area (Å²) in [5, 5.41) is 15.0. The van der Waals surface area contributed by atoms with Crippen molar-refractivity contribution in [3.05, 3.63) is 59.4 Å². The van der Waals surface area contributed by atoms with E-state index < -0.39 is 0 Å². The second kappa shape index (κ2) is 8.75. The Bertz CT molecular complexity index is 1140. The van der Waals surface area contributed by atoms with Crippen LogP contribution >= 0.6 is 47.8 Å². The number of hydrogen-bond donors (Lipinski definition) is 1. The quantitative estimate of drug-likeness (QED) is 0.424. The minimum atomic E-state index is -0.244. The Hall–Kier alpha value is -1.71. The molecule has 6 nitrogen and oxygen atoms in total. The molecule has 3 aromatic rings. The zero-order valence-electron chi connectivity index (χ0n) is 15.0. The first-order chi connectivity index (χ1) is 13.4. The van der Waals surface area contributed by atoms with Gasteiger partial charge in [-0.25, -0.2) is 4.98 Å². The number of halogens is 3. The first-order valence-electron chi connectivity index (χ1n) is 8.37. The van der Waals surface area contributed by atoms with Gasteiger partial charge >= 0.3 is 0 Å². The number of nitrogens with zero attached hydrogens (tertiary/aromatic N) is 3. The molecule has 146 valence electrons. The summed E-state index contributed by atoms with van der Waals surface area (Å²) in [6, 6.07) is 7.04. The number of benzene rings is 2. The van der Waals surface area contributed by atoms with Gasteiger partial charge in [-0.3, -0.25) is 4.79 Å². The highest BCUT2D eigenvalue weighted by Gasteiger charge is 2.15. The van der Waals surface area contributed by atoms with Crippen molar-refractivity contribution < 1.29 is 9.84 Å². The van der Waals surface area contributed by atoms with Crippen LogP contribution in [-0.4, -0.2) is 28.1 Å². The molecule has 0 aliphatic carbocycles. The standard InChI is InChI=1S/C19H16Br3N3O3/c1-3-4-15-24-13-6-5-11(20)8-12(13)19(27)25(15)23-9-10-7-14(28-2)18(26)17(22)16(10)21/h5-9,26H,3-4H2,1-2H3. The predicted molar refractivity (Wildman–Crippen MR) is 121 cm³/mol. The highest BCUT2D eigenvalue weighted by atomic mass is 79.9. The van der Waals surface area contributed by atoms with E-state index >= 15 is 0 Å². The van der Waals surface area contributed by atoms with Crippen molar-refractivity contribution in [2.24, 2.45) is 5.10 Å². The zero-order valence-corrected chi connectivity index (χ0v) is 19.8. The van der Waals surface area contributed by atoms with Crippen molar-refractivity contribution >= 4 is 64.9 Å². The smallest absolute Gasteiger partial charge is 0.282 e. The Morgan fingerprint density at radius 2 is 2.00 bits per heavy atom. The molecule has 0 spiro atoms. The molecule has 0 bridgehead atoms. The average molecular weight is 574 g/mol. The summed E-state index contributed by atoms with van der Waals surface area (Å²) in [6.45, 7) is 2.02. The largest absolute Gasteiger partial charge is 0.503 e. The normalized spacial score (nSPS) is 11.5. The summed E-state index contributed by atoms with van der Waals surface area (Å²) < 4.78 is 8.33. The van der Waals surface area contributed by atoms with E-state index in [1.165, 1.54) is 18.0 Å². The van der Waals surface area contributed by atoms with Gasteiger partial charge < -0.3 is 9.84 Å². The first-order valence-corrected chi connectivity index (χ1v) is 10.8. The molecule has 0 aliphatic rings. The molecular weight excluding hydrogens is 558 g/mol. The Morgan fingerprint density at radius 1 is 1.25 bits per heavy atom. The number of rotatable bonds is 5. The van der Waals surface area contributed by atoms with Gasteiger partial charge in [-0.2, -0.15) is 9.78 Å². The summed E-state index contributed by atoms with van der Waals surface area (Å²) in [7, 11) is 1.46. The van der Waals surface area contributed by atoms with E-state index in [0.717, 1.165) is 10.9 Å². The van der Waals surface area contributed by atoms with Gasteiger partial charge in [0, 0.05) is 20.9 Å². The van der Waals surface area contributed by atoms with Crippen LogP contribution in [0.4, 0.5) is 0 Å². The Kier molecular flexibility index (Phi) is 6.57. The fourth-order valence-electron chi connectivity index (χ4n) is 2.68. The molecule has 1 aromatic heterocycles. The predicted octanol–water partition coefficient (Wildman–Crippen LogP) is 5.23. The number of hydrogen-bond acceptors (Lipinski definition) is 5. The molecule has 0 unspecified atom stereocenters. The summed E-state index contributed by atoms with van der Waals surface area (Å²) in [4.78, 5) is 17.6. The number of phenols is 1. The van der Waals surface area contributed by atoms with E-state index in [1.54, 1.807) is 12.1 Å². The minimum absolute atomic E-state index is 0.0208. The zero-order chi connectivity index (χ0) is 20.4. The Balaban J connectivity index is 2.19. The lowest BCUT2D eigenvalue weighted by Crippen LogP contribution is -2.22. The van der Waals surface area contributed by atoms with Gasteiger partial charge in [0.25, 0.3) is 5.56 Å². The summed E-state index contributed by atoms with van der Waals surface area (Å²) >= 11 is 10.1. The summed E-state index contributed by atoms with van der Waals surface area (Å²) in [5.41, 5.74) is 1.02. The molecule has 9 heteroatoms. The lowest BCUT2D eigenvalue weighted by molar-refractivity contribution is 0.371. The maximum atomic E-state index is 13.0. The van der Waals surface area contributed by atoms with Crippen LogP contribution in [0.2, 0.25) is 0 Å². The highest BCUT2D eigenvalue weighted by Crippen LogP contribution is 2.41. The van der Waals surface area contributed by atoms with Crippen LogP contribution in [0.15, 0.2) is 47.6 Å². The third-order valence-corrected chi connectivity index (χ3v) is 6.71. The SMILES string of the molecule is CCCc1nc2ccc(Br)cc2c(=O)n1N=Cc1cc(OC)c(O)c(Br)c1Br. The second-order valence-corrected chi connectivity index (χ2v) is 8.45. The van der Waals surface area contributed by atoms with Crippen molar-refractivity contribution in [3.63, 3.8) is 0 Å². The van der Waals surface area contributed by atoms with E-state index in [4.69, 9.17) is 4.74 Å². The van der Waals surface area contributed by atoms with E-state index in [2.05, 4.69) is 57.9 Å². The molecule has 0 amide bonds. The van der Waals surface area contributed by atoms with E-state index in [-0.39, 0.29) is 11.3 Å². The number of aromatic nitrogens is 2. The topological polar surface area (TPSA) is 76.7 Å². The van der Waals surface area contributed by atoms with Gasteiger partial charge in [-0.05, 0) is 62.5 Å². The Morgan fingerprint density at radius 3 is 2.68 bits per heavy atom. The van der Waals surface area contributed by atoms with Gasteiger partial charge in [0.1, 0.15) is 5.82 Å². The second-order valence-electron chi connectivity index (χ2n) is 5.95. The van der Waals surface area contributed by atoms with Crippen LogP contribution < -0.4 is 10.3 Å². The summed E-state index contributed by atoms with van der Waals surface area (Å²) in [5.74, 6) is 0.852. The van der Waals surface area contributed by atoms with Crippen LogP contribution in [0.25, 0.3) is 10.9 Å². The van der Waals surface area contributed by atoms with Crippen LogP contribution in [0.1, 0.15) is 24.7 Å². The fourth-order valence-corrected chi connectivity index (χ4v) is 3.87. The molecule has 1 heterocycles. The average Bonchev–Trinajstić information content (AvgIpc) is 2.68. The van der Waals surface area contributed by atoms with Crippen molar-refractivity contribution in [3.8, 4) is 11.5 Å². The summed E-state index contributed by atoms with van der Waals surface area (Å²) in [6.07, 6.45) is 2.97. The van der Waals surface area contributed by atoms with Gasteiger partial charge in [-0.1, -0.05) is 22.9 Å². The number of methoxy groups -OCH3 is 1. The van der Waals surface area contributed by atoms with Crippen LogP contribution in [0.5, 0.6) is 11.5 Å². The maximum Gasteiger partial charge on any atom is 0.282 e. The van der Waals surface area contributed by atoms with E-state index in [9.17, 15) is 9.90 Å². The fraction of sp³-hybridized carbons (Fsp3) is 0.211. The lowest BCUT2D eigenvalue weighted by Gasteiger charge is -2.11. The molecule has 3 rings (SSSR count). The molecule has 28 heavy (non-hydrogen) atoms. The van der Waals surface area contributed by atoms with Crippen LogP contribution in [-0.2, 0) is 6.42 Å². The monoisotopic (exact) mass is 571 g/mol. The number of fused-ring (bicyclic) bond motifs is 1. The molecule has 0 saturated heterocycles. The van der Waals surface area contributed by atoms with Crippen molar-refractivity contribution in [1.29, 1.82) is 0 Å². The van der Waals surface area contributed by atoms with Gasteiger partial charge in [0.05, 0.1) is 28.7 Å². The number of ether oxygens (including phenoxy) is 1. The van der Waals surface area contributed by atoms with Crippen LogP contribution in [0, 0.1) is 0 Å². The number of aromatic hydroxyl groups is 1. The van der Waals surface area contributed by atoms with Gasteiger partial charge in [0.15, 0.2) is 11.5 Å². The van der Waals surface area contributed by atoms with Crippen molar-refractivity contribution in [2.45, 2.75) is 19.8 Å². The van der Waals surface area contributed by atoms with Gasteiger partial charge in [0.2, 0.25) is 0 Å². The molecule has 0 radical (unpaired) electrons. The molecule has 0 atom stereocenters.